The fourth-order valence-electron chi connectivity index (χ4n) is 2.84. The number of rotatable bonds is 4. The van der Waals surface area contributed by atoms with Crippen molar-refractivity contribution in [3.05, 3.63) is 0 Å². The van der Waals surface area contributed by atoms with Crippen molar-refractivity contribution in [2.24, 2.45) is 5.92 Å². The van der Waals surface area contributed by atoms with Crippen molar-refractivity contribution in [2.75, 3.05) is 58.5 Å². The molecule has 23 heavy (non-hydrogen) atoms. The highest BCUT2D eigenvalue weighted by Gasteiger charge is 2.33. The molecule has 2 fully saturated rings. The van der Waals surface area contributed by atoms with Crippen LogP contribution in [0.4, 0.5) is 5.95 Å². The molecule has 9 heteroatoms. The molecule has 0 aromatic carbocycles. The van der Waals surface area contributed by atoms with Crippen molar-refractivity contribution in [2.45, 2.75) is 6.42 Å². The maximum absolute atomic E-state index is 12.6. The van der Waals surface area contributed by atoms with Crippen LogP contribution in [0.2, 0.25) is 0 Å². The summed E-state index contributed by atoms with van der Waals surface area (Å²) in [6.07, 6.45) is 0.784. The fourth-order valence-corrected chi connectivity index (χ4v) is 2.84. The highest BCUT2D eigenvalue weighted by Crippen LogP contribution is 2.25. The van der Waals surface area contributed by atoms with E-state index in [0.717, 1.165) is 13.0 Å². The summed E-state index contributed by atoms with van der Waals surface area (Å²) in [5.74, 6) is 0.622. The largest absolute Gasteiger partial charge is 0.467 e. The summed E-state index contributed by atoms with van der Waals surface area (Å²) >= 11 is 0. The Morgan fingerprint density at radius 2 is 1.74 bits per heavy atom. The monoisotopic (exact) mass is 323 g/mol. The summed E-state index contributed by atoms with van der Waals surface area (Å²) in [5.41, 5.74) is 0. The van der Waals surface area contributed by atoms with Gasteiger partial charge in [-0.3, -0.25) is 4.79 Å². The predicted octanol–water partition coefficient (Wildman–Crippen LogP) is -0.426. The number of hydrogen-bond acceptors (Lipinski definition) is 8. The van der Waals surface area contributed by atoms with Crippen LogP contribution in [0.15, 0.2) is 0 Å². The molecule has 0 radical (unpaired) electrons. The van der Waals surface area contributed by atoms with Gasteiger partial charge in [-0.15, -0.1) is 4.98 Å². The first-order valence-corrected chi connectivity index (χ1v) is 7.67. The third-order valence-electron chi connectivity index (χ3n) is 4.09. The SMILES string of the molecule is COc1nc(OC)nc(N2CCC(C(=O)N3CCOCC3)C2)n1. The van der Waals surface area contributed by atoms with Crippen LogP contribution >= 0.6 is 0 Å². The number of amides is 1. The van der Waals surface area contributed by atoms with Gasteiger partial charge in [-0.05, 0) is 6.42 Å². The van der Waals surface area contributed by atoms with Crippen LogP contribution in [0.3, 0.4) is 0 Å². The fraction of sp³-hybridized carbons (Fsp3) is 0.714. The minimum Gasteiger partial charge on any atom is -0.467 e. The molecule has 9 nitrogen and oxygen atoms in total. The lowest BCUT2D eigenvalue weighted by Crippen LogP contribution is -2.44. The van der Waals surface area contributed by atoms with E-state index in [9.17, 15) is 4.79 Å². The Morgan fingerprint density at radius 3 is 2.35 bits per heavy atom. The van der Waals surface area contributed by atoms with Crippen LogP contribution in [-0.4, -0.2) is 79.4 Å². The molecule has 1 amide bonds. The van der Waals surface area contributed by atoms with Gasteiger partial charge in [0.05, 0.1) is 33.4 Å². The lowest BCUT2D eigenvalue weighted by molar-refractivity contribution is -0.138. The minimum atomic E-state index is -0.0399. The normalized spacial score (nSPS) is 21.4. The second-order valence-corrected chi connectivity index (χ2v) is 5.48. The molecule has 0 aliphatic carbocycles. The van der Waals surface area contributed by atoms with E-state index in [1.165, 1.54) is 14.2 Å². The maximum atomic E-state index is 12.6. The van der Waals surface area contributed by atoms with Gasteiger partial charge in [-0.25, -0.2) is 0 Å². The molecule has 126 valence electrons. The van der Waals surface area contributed by atoms with Crippen molar-refractivity contribution in [1.82, 2.24) is 19.9 Å². The van der Waals surface area contributed by atoms with Gasteiger partial charge in [0, 0.05) is 26.2 Å². The average molecular weight is 323 g/mol. The number of ether oxygens (including phenoxy) is 3. The Morgan fingerprint density at radius 1 is 1.09 bits per heavy atom. The Labute approximate surface area is 134 Å². The molecule has 2 aliphatic rings. The number of carbonyl (C=O) groups is 1. The maximum Gasteiger partial charge on any atom is 0.324 e. The van der Waals surface area contributed by atoms with Crippen molar-refractivity contribution in [3.8, 4) is 12.0 Å². The van der Waals surface area contributed by atoms with Gasteiger partial charge < -0.3 is 24.0 Å². The molecule has 1 atom stereocenters. The van der Waals surface area contributed by atoms with E-state index in [1.807, 2.05) is 9.80 Å². The predicted molar refractivity (Wildman–Crippen MR) is 80.7 cm³/mol. The smallest absolute Gasteiger partial charge is 0.324 e. The Bertz CT molecular complexity index is 542. The van der Waals surface area contributed by atoms with Crippen molar-refractivity contribution >= 4 is 11.9 Å². The average Bonchev–Trinajstić information content (AvgIpc) is 3.11. The van der Waals surface area contributed by atoms with E-state index in [-0.39, 0.29) is 23.8 Å². The number of morpholine rings is 1. The van der Waals surface area contributed by atoms with E-state index in [0.29, 0.717) is 38.8 Å². The summed E-state index contributed by atoms with van der Waals surface area (Å²) < 4.78 is 15.4. The van der Waals surface area contributed by atoms with E-state index in [2.05, 4.69) is 15.0 Å². The van der Waals surface area contributed by atoms with Gasteiger partial charge in [-0.2, -0.15) is 9.97 Å². The first-order chi connectivity index (χ1) is 11.2. The van der Waals surface area contributed by atoms with Gasteiger partial charge in [0.25, 0.3) is 0 Å². The van der Waals surface area contributed by atoms with Crippen LogP contribution < -0.4 is 14.4 Å². The van der Waals surface area contributed by atoms with Crippen LogP contribution in [0.1, 0.15) is 6.42 Å². The molecule has 2 saturated heterocycles. The summed E-state index contributed by atoms with van der Waals surface area (Å²) in [4.78, 5) is 28.9. The molecule has 1 aromatic rings. The third-order valence-corrected chi connectivity index (χ3v) is 4.09. The van der Waals surface area contributed by atoms with Crippen LogP contribution in [0, 0.1) is 5.92 Å². The van der Waals surface area contributed by atoms with Gasteiger partial charge in [0.1, 0.15) is 0 Å². The van der Waals surface area contributed by atoms with Crippen molar-refractivity contribution in [3.63, 3.8) is 0 Å². The Balaban J connectivity index is 1.68. The molecule has 1 aromatic heterocycles. The van der Waals surface area contributed by atoms with Crippen molar-refractivity contribution in [1.29, 1.82) is 0 Å². The van der Waals surface area contributed by atoms with Crippen LogP contribution in [-0.2, 0) is 9.53 Å². The second-order valence-electron chi connectivity index (χ2n) is 5.48. The third kappa shape index (κ3) is 3.44. The molecule has 3 rings (SSSR count). The van der Waals surface area contributed by atoms with Gasteiger partial charge in [-0.1, -0.05) is 0 Å². The van der Waals surface area contributed by atoms with E-state index < -0.39 is 0 Å². The Hall–Kier alpha value is -2.16. The standard InChI is InChI=1S/C14H21N5O4/c1-21-13-15-12(16-14(17-13)22-2)19-4-3-10(9-19)11(20)18-5-7-23-8-6-18/h10H,3-9H2,1-2H3. The van der Waals surface area contributed by atoms with Gasteiger partial charge in [0.15, 0.2) is 0 Å². The number of nitrogens with zero attached hydrogens (tertiary/aromatic N) is 5. The molecular formula is C14H21N5O4. The van der Waals surface area contributed by atoms with Gasteiger partial charge in [0.2, 0.25) is 11.9 Å². The molecular weight excluding hydrogens is 302 g/mol. The first kappa shape index (κ1) is 15.7. The van der Waals surface area contributed by atoms with Gasteiger partial charge >= 0.3 is 12.0 Å². The number of carbonyl (C=O) groups excluding carboxylic acids is 1. The Kier molecular flexibility index (Phi) is 4.75. The molecule has 2 aliphatic heterocycles. The summed E-state index contributed by atoms with van der Waals surface area (Å²) in [5, 5.41) is 0. The zero-order valence-corrected chi connectivity index (χ0v) is 13.4. The van der Waals surface area contributed by atoms with E-state index in [1.54, 1.807) is 0 Å². The molecule has 0 N–H and O–H groups in total. The second kappa shape index (κ2) is 6.95. The lowest BCUT2D eigenvalue weighted by atomic mass is 10.1. The summed E-state index contributed by atoms with van der Waals surface area (Å²) in [7, 11) is 2.99. The molecule has 3 heterocycles. The number of anilines is 1. The highest BCUT2D eigenvalue weighted by atomic mass is 16.5. The molecule has 1 unspecified atom stereocenters. The molecule has 0 spiro atoms. The molecule has 0 saturated carbocycles. The first-order valence-electron chi connectivity index (χ1n) is 7.67. The topological polar surface area (TPSA) is 89.9 Å². The zero-order chi connectivity index (χ0) is 16.2. The number of methoxy groups -OCH3 is 2. The molecule has 0 bridgehead atoms. The zero-order valence-electron chi connectivity index (χ0n) is 13.4. The number of aromatic nitrogens is 3. The lowest BCUT2D eigenvalue weighted by Gasteiger charge is -2.29. The number of hydrogen-bond donors (Lipinski definition) is 0. The minimum absolute atomic E-state index is 0.0399. The van der Waals surface area contributed by atoms with Crippen LogP contribution in [0.5, 0.6) is 12.0 Å². The summed E-state index contributed by atoms with van der Waals surface area (Å²) in [6, 6.07) is 0.407. The summed E-state index contributed by atoms with van der Waals surface area (Å²) in [6.45, 7) is 3.88. The van der Waals surface area contributed by atoms with Crippen molar-refractivity contribution < 1.29 is 19.0 Å². The highest BCUT2D eigenvalue weighted by molar-refractivity contribution is 5.80. The van der Waals surface area contributed by atoms with Crippen LogP contribution in [0.25, 0.3) is 0 Å². The quantitative estimate of drug-likeness (QED) is 0.737. The van der Waals surface area contributed by atoms with E-state index >= 15 is 0 Å². The van der Waals surface area contributed by atoms with E-state index in [4.69, 9.17) is 14.2 Å².